The molecule has 1 heterocycles. The minimum Gasteiger partial charge on any atom is -0.381 e. The van der Waals surface area contributed by atoms with E-state index in [2.05, 4.69) is 10.6 Å². The number of sulfone groups is 1. The molecule has 1 aliphatic heterocycles. The van der Waals surface area contributed by atoms with Gasteiger partial charge < -0.3 is 10.6 Å². The minimum atomic E-state index is -2.87. The molecule has 1 aromatic carbocycles. The van der Waals surface area contributed by atoms with Gasteiger partial charge in [-0.1, -0.05) is 0 Å². The maximum Gasteiger partial charge on any atom is 0.251 e. The standard InChI is InChI=1S/C13H18N2O3S/c1-2-14-13(16)10-3-5-11(6-4-10)15-12-7-8-19(17,18)9-12/h3-6,12,15H,2,7-9H2,1H3,(H,14,16). The highest BCUT2D eigenvalue weighted by Crippen LogP contribution is 2.18. The van der Waals surface area contributed by atoms with Gasteiger partial charge in [-0.3, -0.25) is 4.79 Å². The fourth-order valence-corrected chi connectivity index (χ4v) is 3.80. The molecule has 2 rings (SSSR count). The molecule has 2 N–H and O–H groups in total. The number of carbonyl (C=O) groups excluding carboxylic acids is 1. The third kappa shape index (κ3) is 3.70. The number of nitrogens with one attached hydrogen (secondary N) is 2. The summed E-state index contributed by atoms with van der Waals surface area (Å²) in [4.78, 5) is 11.6. The summed E-state index contributed by atoms with van der Waals surface area (Å²) in [5, 5.41) is 5.91. The first-order chi connectivity index (χ1) is 9.00. The number of benzene rings is 1. The summed E-state index contributed by atoms with van der Waals surface area (Å²) in [5.41, 5.74) is 1.45. The third-order valence-electron chi connectivity index (χ3n) is 3.09. The van der Waals surface area contributed by atoms with Crippen LogP contribution in [0.5, 0.6) is 0 Å². The molecule has 1 aliphatic rings. The van der Waals surface area contributed by atoms with Gasteiger partial charge in [0.25, 0.3) is 5.91 Å². The Bertz CT molecular complexity index is 552. The quantitative estimate of drug-likeness (QED) is 0.865. The summed E-state index contributed by atoms with van der Waals surface area (Å²) < 4.78 is 22.7. The molecular formula is C13H18N2O3S. The second kappa shape index (κ2) is 5.61. The monoisotopic (exact) mass is 282 g/mol. The fraction of sp³-hybridized carbons (Fsp3) is 0.462. The summed E-state index contributed by atoms with van der Waals surface area (Å²) in [6.07, 6.45) is 0.639. The normalized spacial score (nSPS) is 21.0. The molecule has 0 saturated carbocycles. The first kappa shape index (κ1) is 13.9. The average molecular weight is 282 g/mol. The van der Waals surface area contributed by atoms with E-state index in [1.165, 1.54) is 0 Å². The van der Waals surface area contributed by atoms with E-state index in [0.717, 1.165) is 5.69 Å². The van der Waals surface area contributed by atoms with E-state index in [0.29, 0.717) is 18.5 Å². The number of amides is 1. The van der Waals surface area contributed by atoms with Crippen molar-refractivity contribution >= 4 is 21.4 Å². The van der Waals surface area contributed by atoms with Gasteiger partial charge in [-0.15, -0.1) is 0 Å². The summed E-state index contributed by atoms with van der Waals surface area (Å²) in [6, 6.07) is 7.04. The van der Waals surface area contributed by atoms with Gasteiger partial charge in [0.05, 0.1) is 11.5 Å². The summed E-state index contributed by atoms with van der Waals surface area (Å²) in [6.45, 7) is 2.47. The number of rotatable bonds is 4. The highest BCUT2D eigenvalue weighted by molar-refractivity contribution is 7.91. The zero-order valence-electron chi connectivity index (χ0n) is 10.8. The SMILES string of the molecule is CCNC(=O)c1ccc(NC2CCS(=O)(=O)C2)cc1. The van der Waals surface area contributed by atoms with Crippen molar-refractivity contribution < 1.29 is 13.2 Å². The molecule has 0 aromatic heterocycles. The van der Waals surface area contributed by atoms with Crippen LogP contribution in [0.3, 0.4) is 0 Å². The van der Waals surface area contributed by atoms with E-state index in [1.807, 2.05) is 6.92 Å². The maximum atomic E-state index is 11.6. The van der Waals surface area contributed by atoms with Crippen molar-refractivity contribution in [2.45, 2.75) is 19.4 Å². The lowest BCUT2D eigenvalue weighted by atomic mass is 10.1. The third-order valence-corrected chi connectivity index (χ3v) is 4.86. The average Bonchev–Trinajstić information content (AvgIpc) is 2.70. The van der Waals surface area contributed by atoms with Gasteiger partial charge in [0.2, 0.25) is 0 Å². The van der Waals surface area contributed by atoms with Gasteiger partial charge in [0.15, 0.2) is 9.84 Å². The van der Waals surface area contributed by atoms with E-state index in [-0.39, 0.29) is 23.5 Å². The number of hydrogen-bond acceptors (Lipinski definition) is 4. The Labute approximate surface area is 113 Å². The summed E-state index contributed by atoms with van der Waals surface area (Å²) >= 11 is 0. The molecule has 0 aliphatic carbocycles. The highest BCUT2D eigenvalue weighted by Gasteiger charge is 2.27. The first-order valence-corrected chi connectivity index (χ1v) is 8.17. The molecule has 1 unspecified atom stereocenters. The second-order valence-corrected chi connectivity index (χ2v) is 6.91. The fourth-order valence-electron chi connectivity index (χ4n) is 2.12. The van der Waals surface area contributed by atoms with Crippen LogP contribution < -0.4 is 10.6 Å². The molecule has 0 spiro atoms. The minimum absolute atomic E-state index is 0.0275. The molecule has 1 amide bonds. The lowest BCUT2D eigenvalue weighted by molar-refractivity contribution is 0.0956. The van der Waals surface area contributed by atoms with Crippen LogP contribution in [0.15, 0.2) is 24.3 Å². The van der Waals surface area contributed by atoms with E-state index in [1.54, 1.807) is 24.3 Å². The van der Waals surface area contributed by atoms with Crippen molar-refractivity contribution in [2.75, 3.05) is 23.4 Å². The van der Waals surface area contributed by atoms with Crippen molar-refractivity contribution in [1.82, 2.24) is 5.32 Å². The van der Waals surface area contributed by atoms with Crippen LogP contribution in [0.1, 0.15) is 23.7 Å². The van der Waals surface area contributed by atoms with Crippen LogP contribution in [0.4, 0.5) is 5.69 Å². The Morgan fingerprint density at radius 1 is 1.32 bits per heavy atom. The lowest BCUT2D eigenvalue weighted by Gasteiger charge is -2.12. The topological polar surface area (TPSA) is 75.3 Å². The number of hydrogen-bond donors (Lipinski definition) is 2. The van der Waals surface area contributed by atoms with Gasteiger partial charge in [-0.05, 0) is 37.6 Å². The van der Waals surface area contributed by atoms with E-state index >= 15 is 0 Å². The van der Waals surface area contributed by atoms with Crippen molar-refractivity contribution in [3.63, 3.8) is 0 Å². The van der Waals surface area contributed by atoms with Gasteiger partial charge in [-0.25, -0.2) is 8.42 Å². The molecule has 0 bridgehead atoms. The molecule has 19 heavy (non-hydrogen) atoms. The van der Waals surface area contributed by atoms with Crippen LogP contribution in [-0.4, -0.2) is 38.4 Å². The molecule has 1 aromatic rings. The van der Waals surface area contributed by atoms with Crippen LogP contribution in [0, 0.1) is 0 Å². The first-order valence-electron chi connectivity index (χ1n) is 6.35. The summed E-state index contributed by atoms with van der Waals surface area (Å²) in [7, 11) is -2.87. The Balaban J connectivity index is 1.98. The molecule has 104 valence electrons. The second-order valence-electron chi connectivity index (χ2n) is 4.68. The molecule has 5 nitrogen and oxygen atoms in total. The molecular weight excluding hydrogens is 264 g/mol. The smallest absolute Gasteiger partial charge is 0.251 e. The largest absolute Gasteiger partial charge is 0.381 e. The van der Waals surface area contributed by atoms with E-state index < -0.39 is 9.84 Å². The maximum absolute atomic E-state index is 11.6. The van der Waals surface area contributed by atoms with Crippen LogP contribution in [0.25, 0.3) is 0 Å². The van der Waals surface area contributed by atoms with Gasteiger partial charge in [0, 0.05) is 23.8 Å². The van der Waals surface area contributed by atoms with Crippen molar-refractivity contribution in [2.24, 2.45) is 0 Å². The predicted molar refractivity (Wildman–Crippen MR) is 75.1 cm³/mol. The zero-order valence-corrected chi connectivity index (χ0v) is 11.7. The number of carbonyl (C=O) groups is 1. The van der Waals surface area contributed by atoms with Crippen LogP contribution in [-0.2, 0) is 9.84 Å². The lowest BCUT2D eigenvalue weighted by Crippen LogP contribution is -2.23. The predicted octanol–water partition coefficient (Wildman–Crippen LogP) is 1.04. The van der Waals surface area contributed by atoms with Gasteiger partial charge in [0.1, 0.15) is 0 Å². The van der Waals surface area contributed by atoms with E-state index in [4.69, 9.17) is 0 Å². The zero-order chi connectivity index (χ0) is 13.9. The van der Waals surface area contributed by atoms with Crippen molar-refractivity contribution in [3.05, 3.63) is 29.8 Å². The van der Waals surface area contributed by atoms with Gasteiger partial charge in [-0.2, -0.15) is 0 Å². The molecule has 1 saturated heterocycles. The van der Waals surface area contributed by atoms with Crippen LogP contribution >= 0.6 is 0 Å². The van der Waals surface area contributed by atoms with Crippen LogP contribution in [0.2, 0.25) is 0 Å². The Hall–Kier alpha value is -1.56. The Morgan fingerprint density at radius 2 is 2.00 bits per heavy atom. The highest BCUT2D eigenvalue weighted by atomic mass is 32.2. The molecule has 6 heteroatoms. The molecule has 1 fully saturated rings. The van der Waals surface area contributed by atoms with E-state index in [9.17, 15) is 13.2 Å². The molecule has 0 radical (unpaired) electrons. The van der Waals surface area contributed by atoms with Crippen molar-refractivity contribution in [1.29, 1.82) is 0 Å². The number of anilines is 1. The Morgan fingerprint density at radius 3 is 2.53 bits per heavy atom. The Kier molecular flexibility index (Phi) is 4.09. The van der Waals surface area contributed by atoms with Crippen molar-refractivity contribution in [3.8, 4) is 0 Å². The van der Waals surface area contributed by atoms with Gasteiger partial charge >= 0.3 is 0 Å². The summed E-state index contributed by atoms with van der Waals surface area (Å²) in [5.74, 6) is 0.338. The molecule has 1 atom stereocenters.